The lowest BCUT2D eigenvalue weighted by Gasteiger charge is -2.30. The molecule has 0 spiro atoms. The molecule has 2 N–H and O–H groups in total. The van der Waals surface area contributed by atoms with Crippen LogP contribution in [0.25, 0.3) is 0 Å². The van der Waals surface area contributed by atoms with Crippen molar-refractivity contribution in [2.24, 2.45) is 0 Å². The molecule has 0 aromatic heterocycles. The molecule has 1 fully saturated rings. The lowest BCUT2D eigenvalue weighted by Crippen LogP contribution is -2.42. The third-order valence-electron chi connectivity index (χ3n) is 3.60. The minimum absolute atomic E-state index is 0.106. The van der Waals surface area contributed by atoms with Crippen LogP contribution >= 0.6 is 0 Å². The average molecular weight is 300 g/mol. The molecular weight excluding hydrogens is 268 g/mol. The van der Waals surface area contributed by atoms with E-state index in [2.05, 4.69) is 17.6 Å². The maximum atomic E-state index is 11.6. The van der Waals surface area contributed by atoms with Crippen LogP contribution in [0.3, 0.4) is 0 Å². The van der Waals surface area contributed by atoms with Crippen molar-refractivity contribution < 1.29 is 14.3 Å². The highest BCUT2D eigenvalue weighted by Gasteiger charge is 2.21. The fourth-order valence-corrected chi connectivity index (χ4v) is 2.43. The Hall–Kier alpha value is -0.810. The number of carbonyl (C=O) groups excluding carboxylic acids is 1. The van der Waals surface area contributed by atoms with Crippen LogP contribution in [0.2, 0.25) is 0 Å². The molecule has 0 aliphatic carbocycles. The van der Waals surface area contributed by atoms with Gasteiger partial charge in [0.05, 0.1) is 6.10 Å². The molecule has 1 heterocycles. The predicted molar refractivity (Wildman–Crippen MR) is 84.5 cm³/mol. The summed E-state index contributed by atoms with van der Waals surface area (Å²) >= 11 is 0. The molecule has 0 aromatic carbocycles. The Morgan fingerprint density at radius 3 is 2.76 bits per heavy atom. The van der Waals surface area contributed by atoms with Crippen LogP contribution in [-0.4, -0.2) is 43.0 Å². The lowest BCUT2D eigenvalue weighted by molar-refractivity contribution is -0.0000615. The number of hydrogen-bond acceptors (Lipinski definition) is 4. The number of amides is 1. The summed E-state index contributed by atoms with van der Waals surface area (Å²) in [4.78, 5) is 11.6. The summed E-state index contributed by atoms with van der Waals surface area (Å²) in [6, 6.07) is 0.645. The second-order valence-electron chi connectivity index (χ2n) is 6.91. The molecule has 1 saturated heterocycles. The van der Waals surface area contributed by atoms with Gasteiger partial charge >= 0.3 is 6.09 Å². The molecule has 0 radical (unpaired) electrons. The maximum Gasteiger partial charge on any atom is 0.407 e. The summed E-state index contributed by atoms with van der Waals surface area (Å²) < 4.78 is 10.9. The van der Waals surface area contributed by atoms with Crippen molar-refractivity contribution in [2.45, 2.75) is 84.1 Å². The number of carbonyl (C=O) groups is 1. The number of hydrogen-bond donors (Lipinski definition) is 2. The molecule has 0 bridgehead atoms. The first-order valence-electron chi connectivity index (χ1n) is 8.14. The van der Waals surface area contributed by atoms with Crippen LogP contribution in [0.5, 0.6) is 0 Å². The van der Waals surface area contributed by atoms with E-state index in [4.69, 9.17) is 9.47 Å². The highest BCUT2D eigenvalue weighted by molar-refractivity contribution is 5.67. The molecule has 1 rings (SSSR count). The van der Waals surface area contributed by atoms with E-state index >= 15 is 0 Å². The Morgan fingerprint density at radius 1 is 1.43 bits per heavy atom. The van der Waals surface area contributed by atoms with Crippen molar-refractivity contribution in [3.8, 4) is 0 Å². The van der Waals surface area contributed by atoms with Gasteiger partial charge < -0.3 is 20.1 Å². The SMILES string of the molecule is CCC1CC(NCCC(C)NC(=O)OC(C)(C)C)CCO1. The molecule has 3 unspecified atom stereocenters. The Balaban J connectivity index is 2.15. The van der Waals surface area contributed by atoms with E-state index in [0.29, 0.717) is 12.1 Å². The fraction of sp³-hybridized carbons (Fsp3) is 0.938. The molecule has 0 aromatic rings. The van der Waals surface area contributed by atoms with E-state index in [-0.39, 0.29) is 12.1 Å². The standard InChI is InChI=1S/C16H32N2O3/c1-6-14-11-13(8-10-20-14)17-9-7-12(2)18-15(19)21-16(3,4)5/h12-14,17H,6-11H2,1-5H3,(H,18,19). The average Bonchev–Trinajstić information content (AvgIpc) is 2.36. The van der Waals surface area contributed by atoms with Crippen LogP contribution in [-0.2, 0) is 9.47 Å². The van der Waals surface area contributed by atoms with Crippen molar-refractivity contribution in [3.63, 3.8) is 0 Å². The normalized spacial score (nSPS) is 24.4. The second-order valence-corrected chi connectivity index (χ2v) is 6.91. The van der Waals surface area contributed by atoms with Gasteiger partial charge in [0.25, 0.3) is 0 Å². The Bertz CT molecular complexity index is 315. The Morgan fingerprint density at radius 2 is 2.14 bits per heavy atom. The van der Waals surface area contributed by atoms with E-state index in [0.717, 1.165) is 38.8 Å². The zero-order chi connectivity index (χ0) is 15.9. The molecule has 1 amide bonds. The maximum absolute atomic E-state index is 11.6. The Labute approximate surface area is 129 Å². The highest BCUT2D eigenvalue weighted by atomic mass is 16.6. The fourth-order valence-electron chi connectivity index (χ4n) is 2.43. The highest BCUT2D eigenvalue weighted by Crippen LogP contribution is 2.16. The Kier molecular flexibility index (Phi) is 7.46. The van der Waals surface area contributed by atoms with Gasteiger partial charge in [0.2, 0.25) is 0 Å². The number of rotatable bonds is 6. The van der Waals surface area contributed by atoms with Gasteiger partial charge in [-0.2, -0.15) is 0 Å². The number of nitrogens with one attached hydrogen (secondary N) is 2. The first-order valence-corrected chi connectivity index (χ1v) is 8.14. The quantitative estimate of drug-likeness (QED) is 0.792. The van der Waals surface area contributed by atoms with Gasteiger partial charge in [0.15, 0.2) is 0 Å². The molecule has 1 aliphatic rings. The van der Waals surface area contributed by atoms with Gasteiger partial charge in [-0.25, -0.2) is 4.79 Å². The molecule has 124 valence electrons. The lowest BCUT2D eigenvalue weighted by atomic mass is 10.0. The molecule has 21 heavy (non-hydrogen) atoms. The van der Waals surface area contributed by atoms with Crippen molar-refractivity contribution in [2.75, 3.05) is 13.2 Å². The van der Waals surface area contributed by atoms with Crippen LogP contribution in [0, 0.1) is 0 Å². The molecule has 5 heteroatoms. The summed E-state index contributed by atoms with van der Waals surface area (Å²) in [5.74, 6) is 0. The molecule has 3 atom stereocenters. The van der Waals surface area contributed by atoms with Gasteiger partial charge in [-0.05, 0) is 59.9 Å². The third kappa shape index (κ3) is 8.27. The number of ether oxygens (including phenoxy) is 2. The summed E-state index contributed by atoms with van der Waals surface area (Å²) in [5, 5.41) is 6.43. The summed E-state index contributed by atoms with van der Waals surface area (Å²) in [7, 11) is 0. The van der Waals surface area contributed by atoms with E-state index in [1.54, 1.807) is 0 Å². The zero-order valence-electron chi connectivity index (χ0n) is 14.2. The van der Waals surface area contributed by atoms with E-state index in [1.165, 1.54) is 0 Å². The van der Waals surface area contributed by atoms with Gasteiger partial charge in [-0.1, -0.05) is 6.92 Å². The van der Waals surface area contributed by atoms with Crippen LogP contribution < -0.4 is 10.6 Å². The largest absolute Gasteiger partial charge is 0.444 e. The van der Waals surface area contributed by atoms with Gasteiger partial charge in [-0.3, -0.25) is 0 Å². The van der Waals surface area contributed by atoms with E-state index in [1.807, 2.05) is 27.7 Å². The minimum Gasteiger partial charge on any atom is -0.444 e. The van der Waals surface area contributed by atoms with E-state index in [9.17, 15) is 4.79 Å². The molecular formula is C16H32N2O3. The second kappa shape index (κ2) is 8.59. The topological polar surface area (TPSA) is 59.6 Å². The monoisotopic (exact) mass is 300 g/mol. The van der Waals surface area contributed by atoms with Gasteiger partial charge in [0, 0.05) is 18.7 Å². The minimum atomic E-state index is -0.445. The third-order valence-corrected chi connectivity index (χ3v) is 3.60. The van der Waals surface area contributed by atoms with Crippen molar-refractivity contribution in [1.82, 2.24) is 10.6 Å². The van der Waals surface area contributed by atoms with E-state index < -0.39 is 5.60 Å². The summed E-state index contributed by atoms with van der Waals surface area (Å²) in [5.41, 5.74) is -0.445. The van der Waals surface area contributed by atoms with Crippen LogP contribution in [0.4, 0.5) is 4.79 Å². The zero-order valence-corrected chi connectivity index (χ0v) is 14.2. The number of alkyl carbamates (subject to hydrolysis) is 1. The van der Waals surface area contributed by atoms with Crippen LogP contribution in [0.1, 0.15) is 60.3 Å². The predicted octanol–water partition coefficient (Wildman–Crippen LogP) is 2.84. The van der Waals surface area contributed by atoms with Gasteiger partial charge in [0.1, 0.15) is 5.60 Å². The molecule has 1 aliphatic heterocycles. The van der Waals surface area contributed by atoms with Crippen molar-refractivity contribution >= 4 is 6.09 Å². The smallest absolute Gasteiger partial charge is 0.407 e. The summed E-state index contributed by atoms with van der Waals surface area (Å²) in [6.07, 6.45) is 4.19. The van der Waals surface area contributed by atoms with Crippen molar-refractivity contribution in [3.05, 3.63) is 0 Å². The van der Waals surface area contributed by atoms with Crippen molar-refractivity contribution in [1.29, 1.82) is 0 Å². The molecule has 0 saturated carbocycles. The first-order chi connectivity index (χ1) is 9.80. The van der Waals surface area contributed by atoms with Crippen LogP contribution in [0.15, 0.2) is 0 Å². The van der Waals surface area contributed by atoms with Gasteiger partial charge in [-0.15, -0.1) is 0 Å². The molecule has 5 nitrogen and oxygen atoms in total. The summed E-state index contributed by atoms with van der Waals surface area (Å²) in [6.45, 7) is 11.5. The first kappa shape index (κ1) is 18.2.